The van der Waals surface area contributed by atoms with Crippen molar-refractivity contribution in [1.29, 1.82) is 0 Å². The maximum atomic E-state index is 14.8. The fourth-order valence-electron chi connectivity index (χ4n) is 3.67. The largest absolute Gasteiger partial charge is 0.384 e. The first-order valence-corrected chi connectivity index (χ1v) is 9.10. The van der Waals surface area contributed by atoms with Crippen LogP contribution in [0.3, 0.4) is 0 Å². The van der Waals surface area contributed by atoms with Crippen LogP contribution in [0.4, 0.5) is 4.39 Å². The van der Waals surface area contributed by atoms with Crippen molar-refractivity contribution in [3.63, 3.8) is 0 Å². The molecule has 5 nitrogen and oxygen atoms in total. The van der Waals surface area contributed by atoms with Gasteiger partial charge in [-0.15, -0.1) is 0 Å². The van der Waals surface area contributed by atoms with Gasteiger partial charge in [0.05, 0.1) is 36.0 Å². The van der Waals surface area contributed by atoms with E-state index in [4.69, 9.17) is 0 Å². The van der Waals surface area contributed by atoms with Gasteiger partial charge >= 0.3 is 0 Å². The molecule has 6 heteroatoms. The van der Waals surface area contributed by atoms with Crippen molar-refractivity contribution >= 4 is 16.5 Å². The standard InChI is InChI=1S/C22H17FN4O/c23-19-10-15(14-3-4-20-16(9-14)5-8-25-20)1-2-17(19)12-27-13-26-21-11-24-7-6-18(21)22(27)28/h1-11,13,16,20,25H,12H2. The highest BCUT2D eigenvalue weighted by atomic mass is 19.1. The molecule has 3 heterocycles. The van der Waals surface area contributed by atoms with Crippen molar-refractivity contribution in [2.75, 3.05) is 0 Å². The molecule has 0 spiro atoms. The molecule has 28 heavy (non-hydrogen) atoms. The van der Waals surface area contributed by atoms with Crippen molar-refractivity contribution in [2.24, 2.45) is 5.92 Å². The summed E-state index contributed by atoms with van der Waals surface area (Å²) in [5, 5.41) is 3.74. The number of rotatable bonds is 3. The maximum absolute atomic E-state index is 14.8. The number of pyridine rings is 1. The highest BCUT2D eigenvalue weighted by Gasteiger charge is 2.22. The highest BCUT2D eigenvalue weighted by molar-refractivity contribution is 5.77. The number of aromatic nitrogens is 3. The summed E-state index contributed by atoms with van der Waals surface area (Å²) in [6.07, 6.45) is 14.8. The van der Waals surface area contributed by atoms with Crippen molar-refractivity contribution < 1.29 is 4.39 Å². The van der Waals surface area contributed by atoms with Gasteiger partial charge < -0.3 is 5.32 Å². The number of hydrogen-bond acceptors (Lipinski definition) is 4. The zero-order chi connectivity index (χ0) is 19.1. The van der Waals surface area contributed by atoms with Gasteiger partial charge in [-0.05, 0) is 29.5 Å². The van der Waals surface area contributed by atoms with Crippen LogP contribution in [0.15, 0.2) is 78.3 Å². The molecule has 1 aliphatic carbocycles. The predicted octanol–water partition coefficient (Wildman–Crippen LogP) is 3.03. The van der Waals surface area contributed by atoms with Gasteiger partial charge in [-0.1, -0.05) is 36.4 Å². The molecule has 0 radical (unpaired) electrons. The molecule has 1 aliphatic heterocycles. The topological polar surface area (TPSA) is 59.8 Å². The number of nitrogens with zero attached hydrogens (tertiary/aromatic N) is 3. The number of fused-ring (bicyclic) bond motifs is 2. The number of hydrogen-bond donors (Lipinski definition) is 1. The van der Waals surface area contributed by atoms with Crippen molar-refractivity contribution in [3.05, 3.63) is 101 Å². The second-order valence-corrected chi connectivity index (χ2v) is 6.99. The number of nitrogens with one attached hydrogen (secondary N) is 1. The van der Waals surface area contributed by atoms with E-state index in [1.54, 1.807) is 24.5 Å². The summed E-state index contributed by atoms with van der Waals surface area (Å²) in [4.78, 5) is 20.8. The minimum Gasteiger partial charge on any atom is -0.384 e. The van der Waals surface area contributed by atoms with Crippen LogP contribution in [0.5, 0.6) is 0 Å². The molecule has 138 valence electrons. The molecule has 1 N–H and O–H groups in total. The first kappa shape index (κ1) is 16.6. The quantitative estimate of drug-likeness (QED) is 0.768. The van der Waals surface area contributed by atoms with Crippen molar-refractivity contribution in [3.8, 4) is 0 Å². The summed E-state index contributed by atoms with van der Waals surface area (Å²) in [7, 11) is 0. The first-order chi connectivity index (χ1) is 13.7. The van der Waals surface area contributed by atoms with E-state index in [2.05, 4.69) is 33.5 Å². The Morgan fingerprint density at radius 2 is 2.14 bits per heavy atom. The summed E-state index contributed by atoms with van der Waals surface area (Å²) < 4.78 is 16.2. The third-order valence-corrected chi connectivity index (χ3v) is 5.23. The highest BCUT2D eigenvalue weighted by Crippen LogP contribution is 2.29. The summed E-state index contributed by atoms with van der Waals surface area (Å²) >= 11 is 0. The van der Waals surface area contributed by atoms with Gasteiger partial charge in [0.25, 0.3) is 5.56 Å². The lowest BCUT2D eigenvalue weighted by Gasteiger charge is -2.19. The van der Waals surface area contributed by atoms with Gasteiger partial charge in [0, 0.05) is 17.7 Å². The minimum atomic E-state index is -0.337. The Bertz CT molecular complexity index is 1220. The van der Waals surface area contributed by atoms with Crippen LogP contribution < -0.4 is 10.9 Å². The molecule has 2 atom stereocenters. The van der Waals surface area contributed by atoms with E-state index in [9.17, 15) is 9.18 Å². The molecule has 0 fully saturated rings. The van der Waals surface area contributed by atoms with Crippen LogP contribution in [0, 0.1) is 11.7 Å². The van der Waals surface area contributed by atoms with Gasteiger partial charge in [-0.25, -0.2) is 9.37 Å². The van der Waals surface area contributed by atoms with Crippen molar-refractivity contribution in [1.82, 2.24) is 19.9 Å². The lowest BCUT2D eigenvalue weighted by Crippen LogP contribution is -2.24. The van der Waals surface area contributed by atoms with Crippen LogP contribution in [-0.4, -0.2) is 20.6 Å². The smallest absolute Gasteiger partial charge is 0.261 e. The summed E-state index contributed by atoms with van der Waals surface area (Å²) in [5.41, 5.74) is 2.59. The number of benzene rings is 1. The fraction of sp³-hybridized carbons (Fsp3) is 0.136. The third-order valence-electron chi connectivity index (χ3n) is 5.23. The zero-order valence-electron chi connectivity index (χ0n) is 14.9. The Morgan fingerprint density at radius 1 is 1.21 bits per heavy atom. The SMILES string of the molecule is O=c1c2ccncc2ncn1Cc1ccc(C2=CC3C=CNC3C=C2)cc1F. The Kier molecular flexibility index (Phi) is 3.90. The van der Waals surface area contributed by atoms with Crippen LogP contribution in [0.1, 0.15) is 11.1 Å². The Morgan fingerprint density at radius 3 is 3.04 bits per heavy atom. The number of allylic oxidation sites excluding steroid dienone is 2. The molecule has 2 aromatic heterocycles. The average molecular weight is 372 g/mol. The van der Waals surface area contributed by atoms with E-state index in [0.717, 1.165) is 11.1 Å². The molecular weight excluding hydrogens is 355 g/mol. The van der Waals surface area contributed by atoms with Gasteiger partial charge in [-0.3, -0.25) is 14.3 Å². The summed E-state index contributed by atoms with van der Waals surface area (Å²) in [6.45, 7) is 0.127. The molecular formula is C22H17FN4O. The minimum absolute atomic E-state index is 0.127. The van der Waals surface area contributed by atoms with Crippen molar-refractivity contribution in [2.45, 2.75) is 12.6 Å². The zero-order valence-corrected chi connectivity index (χ0v) is 14.9. The average Bonchev–Trinajstić information content (AvgIpc) is 3.19. The van der Waals surface area contributed by atoms with Crippen LogP contribution in [0.25, 0.3) is 16.5 Å². The van der Waals surface area contributed by atoms with Gasteiger partial charge in [-0.2, -0.15) is 0 Å². The third kappa shape index (κ3) is 2.83. The summed E-state index contributed by atoms with van der Waals surface area (Å²) in [5.74, 6) is -0.0461. The van der Waals surface area contributed by atoms with E-state index in [-0.39, 0.29) is 24.0 Å². The molecule has 0 saturated heterocycles. The fourth-order valence-corrected chi connectivity index (χ4v) is 3.67. The Hall–Kier alpha value is -3.54. The monoisotopic (exact) mass is 372 g/mol. The molecule has 0 amide bonds. The molecule has 0 saturated carbocycles. The first-order valence-electron chi connectivity index (χ1n) is 9.10. The van der Waals surface area contributed by atoms with E-state index < -0.39 is 0 Å². The van der Waals surface area contributed by atoms with Crippen LogP contribution in [0.2, 0.25) is 0 Å². The Balaban J connectivity index is 1.45. The molecule has 5 rings (SSSR count). The van der Waals surface area contributed by atoms with Gasteiger partial charge in [0.1, 0.15) is 5.82 Å². The van der Waals surface area contributed by atoms with Crippen LogP contribution in [-0.2, 0) is 6.54 Å². The molecule has 2 aliphatic rings. The normalized spacial score (nSPS) is 20.1. The molecule has 3 aromatic rings. The number of halogens is 1. The second kappa shape index (κ2) is 6.56. The van der Waals surface area contributed by atoms with Gasteiger partial charge in [0.2, 0.25) is 0 Å². The van der Waals surface area contributed by atoms with E-state index in [0.29, 0.717) is 22.4 Å². The van der Waals surface area contributed by atoms with E-state index in [1.165, 1.54) is 17.0 Å². The Labute approximate surface area is 160 Å². The van der Waals surface area contributed by atoms with E-state index >= 15 is 0 Å². The van der Waals surface area contributed by atoms with Crippen LogP contribution >= 0.6 is 0 Å². The lowest BCUT2D eigenvalue weighted by molar-refractivity contribution is 0.595. The molecule has 0 bridgehead atoms. The molecule has 2 unspecified atom stereocenters. The maximum Gasteiger partial charge on any atom is 0.261 e. The predicted molar refractivity (Wildman–Crippen MR) is 106 cm³/mol. The molecule has 1 aromatic carbocycles. The van der Waals surface area contributed by atoms with E-state index in [1.807, 2.05) is 18.3 Å². The lowest BCUT2D eigenvalue weighted by atomic mass is 9.90. The summed E-state index contributed by atoms with van der Waals surface area (Å²) in [6, 6.07) is 7.07. The van der Waals surface area contributed by atoms with Gasteiger partial charge in [0.15, 0.2) is 0 Å². The second-order valence-electron chi connectivity index (χ2n) is 6.99.